The second kappa shape index (κ2) is 36.4. The quantitative estimate of drug-likeness (QED) is 0.0330. The zero-order valence-electron chi connectivity index (χ0n) is 28.6. The monoisotopic (exact) mass is 607 g/mol. The Balaban J connectivity index is 3.34. The summed E-state index contributed by atoms with van der Waals surface area (Å²) in [4.78, 5) is 23.3. The maximum absolute atomic E-state index is 11.6. The average molecular weight is 607 g/mol. The molecule has 0 rings (SSSR count). The summed E-state index contributed by atoms with van der Waals surface area (Å²) in [6.07, 6.45) is 41.9. The van der Waals surface area contributed by atoms with E-state index in [0.717, 1.165) is 38.5 Å². The van der Waals surface area contributed by atoms with E-state index in [2.05, 4.69) is 42.9 Å². The molecule has 0 aliphatic heterocycles. The van der Waals surface area contributed by atoms with E-state index in [1.54, 1.807) is 0 Å². The van der Waals surface area contributed by atoms with Crippen LogP contribution in [0.1, 0.15) is 194 Å². The Bertz CT molecular complexity index is 588. The van der Waals surface area contributed by atoms with E-state index >= 15 is 0 Å². The largest absolute Gasteiger partial charge is 0.518 e. The van der Waals surface area contributed by atoms with Crippen LogP contribution < -0.4 is 0 Å². The Morgan fingerprint density at radius 2 is 0.628 bits per heavy atom. The third-order valence-electron chi connectivity index (χ3n) is 7.92. The average Bonchev–Trinajstić information content (AvgIpc) is 3.00. The van der Waals surface area contributed by atoms with Crippen molar-refractivity contribution in [2.24, 2.45) is 0 Å². The molecular weight excluding hydrogens is 536 g/mol. The molecule has 0 fully saturated rings. The molecule has 0 N–H and O–H groups in total. The van der Waals surface area contributed by atoms with Crippen molar-refractivity contribution in [2.75, 3.05) is 13.2 Å². The highest BCUT2D eigenvalue weighted by Gasteiger charge is 2.12. The number of hydrogen-bond donors (Lipinski definition) is 0. The van der Waals surface area contributed by atoms with Gasteiger partial charge in [0.25, 0.3) is 0 Å². The topological polar surface area (TPSA) is 61.8 Å². The highest BCUT2D eigenvalue weighted by Crippen LogP contribution is 2.12. The standard InChI is InChI=1S/C38H70O5/c1-3-5-7-9-11-13-15-17-19-21-23-25-27-29-31-33-35-41-37(39)43-38(40)42-36-34-32-30-28-26-24-22-20-18-16-14-12-10-8-6-4-2/h17-20H,3-16,21-36H2,1-2H3/b19-17-,20-18-. The molecule has 0 saturated heterocycles. The second-order valence-electron chi connectivity index (χ2n) is 12.2. The van der Waals surface area contributed by atoms with Crippen molar-refractivity contribution >= 4 is 12.3 Å². The summed E-state index contributed by atoms with van der Waals surface area (Å²) in [6, 6.07) is 0. The first-order valence-electron chi connectivity index (χ1n) is 18.5. The number of carbonyl (C=O) groups excluding carboxylic acids is 2. The molecular formula is C38H70O5. The fourth-order valence-corrected chi connectivity index (χ4v) is 5.14. The van der Waals surface area contributed by atoms with Crippen molar-refractivity contribution in [1.82, 2.24) is 0 Å². The lowest BCUT2D eigenvalue weighted by Gasteiger charge is -2.06. The van der Waals surface area contributed by atoms with Crippen LogP contribution >= 0.6 is 0 Å². The van der Waals surface area contributed by atoms with Gasteiger partial charge in [-0.1, -0.05) is 154 Å². The Kier molecular flexibility index (Phi) is 34.9. The summed E-state index contributed by atoms with van der Waals surface area (Å²) in [6.45, 7) is 5.09. The molecule has 0 bridgehead atoms. The molecule has 5 heteroatoms. The predicted molar refractivity (Wildman–Crippen MR) is 183 cm³/mol. The third kappa shape index (κ3) is 36.3. The van der Waals surface area contributed by atoms with Gasteiger partial charge in [-0.05, 0) is 64.2 Å². The van der Waals surface area contributed by atoms with Gasteiger partial charge in [0.1, 0.15) is 0 Å². The smallest absolute Gasteiger partial charge is 0.434 e. The second-order valence-corrected chi connectivity index (χ2v) is 12.2. The molecule has 5 nitrogen and oxygen atoms in total. The first kappa shape index (κ1) is 41.2. The minimum Gasteiger partial charge on any atom is -0.434 e. The molecule has 252 valence electrons. The lowest BCUT2D eigenvalue weighted by atomic mass is 10.1. The van der Waals surface area contributed by atoms with Crippen LogP contribution in [0.2, 0.25) is 0 Å². The van der Waals surface area contributed by atoms with Gasteiger partial charge in [-0.3, -0.25) is 0 Å². The summed E-state index contributed by atoms with van der Waals surface area (Å²) in [5.41, 5.74) is 0. The Morgan fingerprint density at radius 1 is 0.372 bits per heavy atom. The molecule has 0 aromatic heterocycles. The van der Waals surface area contributed by atoms with Crippen molar-refractivity contribution in [3.05, 3.63) is 24.3 Å². The number of unbranched alkanes of at least 4 members (excludes halogenated alkanes) is 24. The van der Waals surface area contributed by atoms with Gasteiger partial charge < -0.3 is 14.2 Å². The van der Waals surface area contributed by atoms with Gasteiger partial charge in [0.15, 0.2) is 0 Å². The zero-order chi connectivity index (χ0) is 31.3. The van der Waals surface area contributed by atoms with E-state index < -0.39 is 12.3 Å². The van der Waals surface area contributed by atoms with E-state index in [1.807, 2.05) is 0 Å². The predicted octanol–water partition coefficient (Wildman–Crippen LogP) is 13.4. The summed E-state index contributed by atoms with van der Waals surface area (Å²) < 4.78 is 14.6. The summed E-state index contributed by atoms with van der Waals surface area (Å²) in [7, 11) is 0. The van der Waals surface area contributed by atoms with E-state index in [0.29, 0.717) is 0 Å². The van der Waals surface area contributed by atoms with Crippen molar-refractivity contribution in [1.29, 1.82) is 0 Å². The van der Waals surface area contributed by atoms with Gasteiger partial charge in [0, 0.05) is 0 Å². The van der Waals surface area contributed by atoms with Crippen LogP contribution in [0, 0.1) is 0 Å². The van der Waals surface area contributed by atoms with Gasteiger partial charge in [0.2, 0.25) is 0 Å². The van der Waals surface area contributed by atoms with Crippen molar-refractivity contribution in [3.63, 3.8) is 0 Å². The molecule has 0 spiro atoms. The van der Waals surface area contributed by atoms with E-state index in [4.69, 9.17) is 9.47 Å². The third-order valence-corrected chi connectivity index (χ3v) is 7.92. The molecule has 0 amide bonds. The van der Waals surface area contributed by atoms with Gasteiger partial charge in [0.05, 0.1) is 13.2 Å². The number of allylic oxidation sites excluding steroid dienone is 4. The van der Waals surface area contributed by atoms with Crippen LogP contribution in [-0.4, -0.2) is 25.5 Å². The maximum atomic E-state index is 11.6. The molecule has 0 atom stereocenters. The van der Waals surface area contributed by atoms with Gasteiger partial charge in [-0.2, -0.15) is 0 Å². The van der Waals surface area contributed by atoms with Gasteiger partial charge in [-0.25, -0.2) is 9.59 Å². The SMILES string of the molecule is CCCCCCCC/C=C\CCCCCCCCOC(=O)OC(=O)OCCCCCCCC/C=C\CCCCCCCC. The van der Waals surface area contributed by atoms with E-state index in [9.17, 15) is 9.59 Å². The minimum absolute atomic E-state index is 0.280. The molecule has 0 radical (unpaired) electrons. The Morgan fingerprint density at radius 3 is 0.930 bits per heavy atom. The van der Waals surface area contributed by atoms with Gasteiger partial charge >= 0.3 is 12.3 Å². The van der Waals surface area contributed by atoms with Crippen LogP contribution in [0.3, 0.4) is 0 Å². The van der Waals surface area contributed by atoms with Crippen molar-refractivity contribution in [3.8, 4) is 0 Å². The maximum Gasteiger partial charge on any atom is 0.518 e. The van der Waals surface area contributed by atoms with E-state index in [-0.39, 0.29) is 13.2 Å². The number of ether oxygens (including phenoxy) is 3. The highest BCUT2D eigenvalue weighted by molar-refractivity contribution is 5.76. The molecule has 0 heterocycles. The fraction of sp³-hybridized carbons (Fsp3) is 0.842. The van der Waals surface area contributed by atoms with Crippen molar-refractivity contribution < 1.29 is 23.8 Å². The molecule has 0 saturated carbocycles. The highest BCUT2D eigenvalue weighted by atomic mass is 16.8. The summed E-state index contributed by atoms with van der Waals surface area (Å²) in [5.74, 6) is 0. The lowest BCUT2D eigenvalue weighted by molar-refractivity contribution is 0.0353. The molecule has 0 aromatic rings. The van der Waals surface area contributed by atoms with Crippen LogP contribution in [0.4, 0.5) is 9.59 Å². The summed E-state index contributed by atoms with van der Waals surface area (Å²) in [5, 5.41) is 0. The summed E-state index contributed by atoms with van der Waals surface area (Å²) >= 11 is 0. The number of carbonyl (C=O) groups is 2. The first-order chi connectivity index (χ1) is 21.2. The molecule has 0 aliphatic carbocycles. The Hall–Kier alpha value is -1.78. The normalized spacial score (nSPS) is 11.5. The Labute approximate surface area is 267 Å². The zero-order valence-corrected chi connectivity index (χ0v) is 28.6. The van der Waals surface area contributed by atoms with Crippen LogP contribution in [0.25, 0.3) is 0 Å². The lowest BCUT2D eigenvalue weighted by Crippen LogP contribution is -2.16. The van der Waals surface area contributed by atoms with Crippen LogP contribution in [0.15, 0.2) is 24.3 Å². The number of hydrogen-bond acceptors (Lipinski definition) is 5. The van der Waals surface area contributed by atoms with Crippen molar-refractivity contribution in [2.45, 2.75) is 194 Å². The van der Waals surface area contributed by atoms with Crippen LogP contribution in [-0.2, 0) is 14.2 Å². The number of rotatable bonds is 32. The molecule has 0 aliphatic rings. The molecule has 43 heavy (non-hydrogen) atoms. The first-order valence-corrected chi connectivity index (χ1v) is 18.5. The van der Waals surface area contributed by atoms with Gasteiger partial charge in [-0.15, -0.1) is 0 Å². The van der Waals surface area contributed by atoms with Crippen LogP contribution in [0.5, 0.6) is 0 Å². The fourth-order valence-electron chi connectivity index (χ4n) is 5.14. The van der Waals surface area contributed by atoms with E-state index in [1.165, 1.54) is 141 Å². The molecule has 0 unspecified atom stereocenters. The minimum atomic E-state index is -0.959. The molecule has 0 aromatic carbocycles.